The summed E-state index contributed by atoms with van der Waals surface area (Å²) in [6.07, 6.45) is 2.05. The van der Waals surface area contributed by atoms with Gasteiger partial charge in [0, 0.05) is 17.6 Å². The summed E-state index contributed by atoms with van der Waals surface area (Å²) in [5.74, 6) is 0. The zero-order valence-electron chi connectivity index (χ0n) is 10.4. The number of hydrogen-bond acceptors (Lipinski definition) is 4. The minimum Gasteiger partial charge on any atom is -0.387 e. The Morgan fingerprint density at radius 1 is 0.944 bits per heavy atom. The largest absolute Gasteiger partial charge is 0.387 e. The molecule has 0 unspecified atom stereocenters. The molecule has 0 amide bonds. The fraction of sp³-hybridized carbons (Fsp3) is 0.143. The molecule has 0 saturated heterocycles. The van der Waals surface area contributed by atoms with E-state index in [1.54, 1.807) is 11.8 Å². The van der Waals surface area contributed by atoms with Gasteiger partial charge >= 0.3 is 0 Å². The van der Waals surface area contributed by atoms with E-state index >= 15 is 0 Å². The second-order valence-corrected chi connectivity index (χ2v) is 4.52. The number of benzene rings is 2. The van der Waals surface area contributed by atoms with E-state index in [0.717, 1.165) is 17.1 Å². The van der Waals surface area contributed by atoms with E-state index in [0.29, 0.717) is 0 Å². The van der Waals surface area contributed by atoms with Crippen molar-refractivity contribution >= 4 is 28.8 Å². The Labute approximate surface area is 111 Å². The Morgan fingerprint density at radius 2 is 1.67 bits per heavy atom. The third kappa shape index (κ3) is 3.11. The Balaban J connectivity index is 2.22. The van der Waals surface area contributed by atoms with Crippen LogP contribution in [0.4, 0.5) is 17.1 Å². The second-order valence-electron chi connectivity index (χ2n) is 3.67. The number of nitrogens with one attached hydrogen (secondary N) is 1. The summed E-state index contributed by atoms with van der Waals surface area (Å²) < 4.78 is 0. The molecule has 0 aromatic heterocycles. The predicted octanol–water partition coefficient (Wildman–Crippen LogP) is 4.87. The highest BCUT2D eigenvalue weighted by Crippen LogP contribution is 2.30. The molecule has 1 N–H and O–H groups in total. The molecule has 2 aromatic carbocycles. The smallest absolute Gasteiger partial charge is 0.0869 e. The number of azo groups is 1. The molecular formula is C14H15N3S. The number of hydrogen-bond donors (Lipinski definition) is 1. The molecule has 0 aliphatic carbocycles. The Hall–Kier alpha value is -1.81. The van der Waals surface area contributed by atoms with Gasteiger partial charge in [0.15, 0.2) is 0 Å². The fourth-order valence-corrected chi connectivity index (χ4v) is 2.19. The predicted molar refractivity (Wildman–Crippen MR) is 78.4 cm³/mol. The molecule has 0 bridgehead atoms. The Morgan fingerprint density at radius 3 is 2.33 bits per heavy atom. The number of thioether (sulfide) groups is 1. The lowest BCUT2D eigenvalue weighted by Gasteiger charge is -2.06. The van der Waals surface area contributed by atoms with Crippen LogP contribution in [0.1, 0.15) is 0 Å². The maximum absolute atomic E-state index is 4.24. The van der Waals surface area contributed by atoms with Crippen molar-refractivity contribution in [2.24, 2.45) is 10.2 Å². The van der Waals surface area contributed by atoms with Gasteiger partial charge in [0.25, 0.3) is 0 Å². The van der Waals surface area contributed by atoms with Crippen molar-refractivity contribution in [3.8, 4) is 0 Å². The molecule has 2 aromatic rings. The molecule has 0 radical (unpaired) electrons. The first-order valence-corrected chi connectivity index (χ1v) is 6.88. The highest BCUT2D eigenvalue weighted by atomic mass is 32.2. The van der Waals surface area contributed by atoms with Gasteiger partial charge in [-0.15, -0.1) is 11.8 Å². The van der Waals surface area contributed by atoms with E-state index in [1.807, 2.05) is 61.8 Å². The zero-order valence-corrected chi connectivity index (χ0v) is 11.2. The van der Waals surface area contributed by atoms with Crippen LogP contribution < -0.4 is 5.32 Å². The first kappa shape index (κ1) is 12.6. The van der Waals surface area contributed by atoms with E-state index in [4.69, 9.17) is 0 Å². The second kappa shape index (κ2) is 6.21. The molecule has 92 valence electrons. The maximum Gasteiger partial charge on any atom is 0.0869 e. The summed E-state index contributed by atoms with van der Waals surface area (Å²) in [5.41, 5.74) is 2.84. The van der Waals surface area contributed by atoms with Gasteiger partial charge in [-0.25, -0.2) is 0 Å². The number of anilines is 1. The highest BCUT2D eigenvalue weighted by Gasteiger charge is 2.00. The molecule has 0 heterocycles. The topological polar surface area (TPSA) is 36.8 Å². The van der Waals surface area contributed by atoms with Gasteiger partial charge in [-0.1, -0.05) is 18.2 Å². The lowest BCUT2D eigenvalue weighted by atomic mass is 10.3. The van der Waals surface area contributed by atoms with Crippen molar-refractivity contribution < 1.29 is 0 Å². The lowest BCUT2D eigenvalue weighted by Crippen LogP contribution is -1.89. The quantitative estimate of drug-likeness (QED) is 0.627. The molecule has 0 fully saturated rings. The summed E-state index contributed by atoms with van der Waals surface area (Å²) in [7, 11) is 1.92. The molecule has 18 heavy (non-hydrogen) atoms. The van der Waals surface area contributed by atoms with E-state index in [1.165, 1.54) is 4.90 Å². The highest BCUT2D eigenvalue weighted by molar-refractivity contribution is 7.98. The van der Waals surface area contributed by atoms with Gasteiger partial charge < -0.3 is 5.32 Å². The molecule has 0 saturated carbocycles. The van der Waals surface area contributed by atoms with E-state index in [2.05, 4.69) is 15.5 Å². The van der Waals surface area contributed by atoms with Crippen molar-refractivity contribution in [3.05, 3.63) is 48.5 Å². The van der Waals surface area contributed by atoms with Crippen molar-refractivity contribution in [1.29, 1.82) is 0 Å². The molecule has 2 rings (SSSR count). The summed E-state index contributed by atoms with van der Waals surface area (Å²) >= 11 is 1.69. The molecule has 3 nitrogen and oxygen atoms in total. The van der Waals surface area contributed by atoms with Crippen LogP contribution in [0.5, 0.6) is 0 Å². The Bertz CT molecular complexity index is 538. The first-order valence-electron chi connectivity index (χ1n) is 5.66. The van der Waals surface area contributed by atoms with Crippen molar-refractivity contribution in [2.45, 2.75) is 4.90 Å². The van der Waals surface area contributed by atoms with Crippen LogP contribution in [0, 0.1) is 0 Å². The molecule has 0 aliphatic rings. The van der Waals surface area contributed by atoms with Crippen LogP contribution in [0.3, 0.4) is 0 Å². The van der Waals surface area contributed by atoms with Crippen molar-refractivity contribution in [2.75, 3.05) is 18.6 Å². The van der Waals surface area contributed by atoms with E-state index in [9.17, 15) is 0 Å². The molecule has 0 spiro atoms. The van der Waals surface area contributed by atoms with Gasteiger partial charge in [0.2, 0.25) is 0 Å². The SMILES string of the molecule is CNc1ccc(N=Nc2ccccc2)cc1SC. The van der Waals surface area contributed by atoms with Gasteiger partial charge in [0.1, 0.15) is 0 Å². The number of nitrogens with zero attached hydrogens (tertiary/aromatic N) is 2. The fourth-order valence-electron chi connectivity index (χ4n) is 1.56. The summed E-state index contributed by atoms with van der Waals surface area (Å²) in [5, 5.41) is 11.6. The van der Waals surface area contributed by atoms with Crippen LogP contribution in [-0.2, 0) is 0 Å². The third-order valence-corrected chi connectivity index (χ3v) is 3.27. The van der Waals surface area contributed by atoms with Crippen LogP contribution in [0.25, 0.3) is 0 Å². The molecular weight excluding hydrogens is 242 g/mol. The van der Waals surface area contributed by atoms with E-state index < -0.39 is 0 Å². The van der Waals surface area contributed by atoms with Crippen molar-refractivity contribution in [1.82, 2.24) is 0 Å². The zero-order chi connectivity index (χ0) is 12.8. The molecule has 0 aliphatic heterocycles. The average molecular weight is 257 g/mol. The molecule has 4 heteroatoms. The van der Waals surface area contributed by atoms with Crippen LogP contribution in [-0.4, -0.2) is 13.3 Å². The Kier molecular flexibility index (Phi) is 4.36. The number of rotatable bonds is 4. The van der Waals surface area contributed by atoms with Crippen LogP contribution >= 0.6 is 11.8 Å². The standard InChI is InChI=1S/C14H15N3S/c1-15-13-9-8-12(10-14(13)18-2)17-16-11-6-4-3-5-7-11/h3-10,15H,1-2H3. The first-order chi connectivity index (χ1) is 8.83. The van der Waals surface area contributed by atoms with Gasteiger partial charge in [-0.3, -0.25) is 0 Å². The van der Waals surface area contributed by atoms with E-state index in [-0.39, 0.29) is 0 Å². The lowest BCUT2D eigenvalue weighted by molar-refractivity contribution is 1.22. The summed E-state index contributed by atoms with van der Waals surface area (Å²) in [6.45, 7) is 0. The maximum atomic E-state index is 4.24. The molecule has 0 atom stereocenters. The van der Waals surface area contributed by atoms with Crippen molar-refractivity contribution in [3.63, 3.8) is 0 Å². The normalized spacial score (nSPS) is 10.8. The average Bonchev–Trinajstić information content (AvgIpc) is 2.45. The van der Waals surface area contributed by atoms with Gasteiger partial charge in [0.05, 0.1) is 11.4 Å². The monoisotopic (exact) mass is 257 g/mol. The van der Waals surface area contributed by atoms with Gasteiger partial charge in [-0.2, -0.15) is 10.2 Å². The minimum atomic E-state index is 0.862. The summed E-state index contributed by atoms with van der Waals surface area (Å²) in [6, 6.07) is 15.7. The minimum absolute atomic E-state index is 0.862. The third-order valence-electron chi connectivity index (χ3n) is 2.49. The van der Waals surface area contributed by atoms with Crippen LogP contribution in [0.2, 0.25) is 0 Å². The summed E-state index contributed by atoms with van der Waals surface area (Å²) in [4.78, 5) is 1.17. The van der Waals surface area contributed by atoms with Gasteiger partial charge in [-0.05, 0) is 36.6 Å². The van der Waals surface area contributed by atoms with Crippen LogP contribution in [0.15, 0.2) is 63.7 Å².